The minimum Gasteiger partial charge on any atom is -0.348 e. The summed E-state index contributed by atoms with van der Waals surface area (Å²) in [6.45, 7) is 5.99. The Hall–Kier alpha value is -2.14. The zero-order valence-electron chi connectivity index (χ0n) is 13.4. The second kappa shape index (κ2) is 7.22. The first-order chi connectivity index (χ1) is 10.5. The van der Waals surface area contributed by atoms with E-state index in [1.54, 1.807) is 10.9 Å². The van der Waals surface area contributed by atoms with Crippen molar-refractivity contribution in [3.8, 4) is 5.69 Å². The number of amides is 1. The fraction of sp³-hybridized carbons (Fsp3) is 0.412. The molecule has 2 rings (SSSR count). The largest absolute Gasteiger partial charge is 0.348 e. The summed E-state index contributed by atoms with van der Waals surface area (Å²) in [5.74, 6) is 0.0638. The number of hydrogen-bond donors (Lipinski definition) is 2. The molecule has 118 valence electrons. The van der Waals surface area contributed by atoms with Crippen LogP contribution in [-0.4, -0.2) is 21.7 Å². The molecule has 1 aromatic carbocycles. The van der Waals surface area contributed by atoms with Gasteiger partial charge in [0.1, 0.15) is 0 Å². The van der Waals surface area contributed by atoms with Crippen molar-refractivity contribution < 1.29 is 4.79 Å². The third-order valence-electron chi connectivity index (χ3n) is 4.06. The van der Waals surface area contributed by atoms with Gasteiger partial charge in [-0.3, -0.25) is 4.79 Å². The van der Waals surface area contributed by atoms with E-state index in [2.05, 4.69) is 10.4 Å². The molecule has 3 unspecified atom stereocenters. The van der Waals surface area contributed by atoms with Crippen LogP contribution < -0.4 is 11.1 Å². The lowest BCUT2D eigenvalue weighted by atomic mass is 9.98. The molecule has 3 atom stereocenters. The van der Waals surface area contributed by atoms with E-state index in [0.29, 0.717) is 0 Å². The number of aromatic nitrogens is 2. The van der Waals surface area contributed by atoms with Crippen molar-refractivity contribution in [3.63, 3.8) is 0 Å². The number of carbonyl (C=O) groups excluding carboxylic acids is 1. The highest BCUT2D eigenvalue weighted by Gasteiger charge is 2.21. The van der Waals surface area contributed by atoms with E-state index in [1.165, 1.54) is 0 Å². The van der Waals surface area contributed by atoms with Gasteiger partial charge in [-0.25, -0.2) is 4.68 Å². The van der Waals surface area contributed by atoms with Crippen molar-refractivity contribution in [2.45, 2.75) is 39.3 Å². The predicted molar refractivity (Wildman–Crippen MR) is 87.6 cm³/mol. The second-order valence-corrected chi connectivity index (χ2v) is 5.69. The summed E-state index contributed by atoms with van der Waals surface area (Å²) in [7, 11) is 0. The molecule has 0 spiro atoms. The molecular formula is C17H24N4O. The van der Waals surface area contributed by atoms with Crippen LogP contribution in [0, 0.1) is 5.92 Å². The van der Waals surface area contributed by atoms with Crippen LogP contribution in [0.5, 0.6) is 0 Å². The molecule has 0 saturated heterocycles. The maximum atomic E-state index is 12.2. The van der Waals surface area contributed by atoms with E-state index in [9.17, 15) is 4.79 Å². The van der Waals surface area contributed by atoms with Crippen LogP contribution >= 0.6 is 0 Å². The fourth-order valence-corrected chi connectivity index (χ4v) is 2.26. The molecule has 1 heterocycles. The highest BCUT2D eigenvalue weighted by atomic mass is 16.2. The van der Waals surface area contributed by atoms with E-state index in [0.717, 1.165) is 17.7 Å². The van der Waals surface area contributed by atoms with Crippen molar-refractivity contribution in [2.24, 2.45) is 11.7 Å². The van der Waals surface area contributed by atoms with Crippen molar-refractivity contribution in [1.82, 2.24) is 15.1 Å². The van der Waals surface area contributed by atoms with Crippen LogP contribution in [0.4, 0.5) is 0 Å². The van der Waals surface area contributed by atoms with Crippen LogP contribution in [0.2, 0.25) is 0 Å². The Morgan fingerprint density at radius 3 is 2.77 bits per heavy atom. The zero-order valence-corrected chi connectivity index (χ0v) is 13.4. The summed E-state index contributed by atoms with van der Waals surface area (Å²) < 4.78 is 1.79. The standard InChI is InChI=1S/C17H24N4O/c1-4-12(2)16(18)17(22)20-13(3)14-7-5-8-15(11-14)21-10-6-9-19-21/h5-13,16H,4,18H2,1-3H3,(H,20,22). The molecule has 1 amide bonds. The van der Waals surface area contributed by atoms with Crippen LogP contribution in [0.15, 0.2) is 42.7 Å². The van der Waals surface area contributed by atoms with Gasteiger partial charge in [-0.05, 0) is 36.6 Å². The first-order valence-electron chi connectivity index (χ1n) is 7.68. The van der Waals surface area contributed by atoms with Crippen LogP contribution in [0.3, 0.4) is 0 Å². The topological polar surface area (TPSA) is 72.9 Å². The van der Waals surface area contributed by atoms with Gasteiger partial charge in [0, 0.05) is 12.4 Å². The molecule has 0 saturated carbocycles. The number of benzene rings is 1. The summed E-state index contributed by atoms with van der Waals surface area (Å²) >= 11 is 0. The lowest BCUT2D eigenvalue weighted by molar-refractivity contribution is -0.124. The number of nitrogens with one attached hydrogen (secondary N) is 1. The van der Waals surface area contributed by atoms with Crippen LogP contribution in [0.25, 0.3) is 5.69 Å². The Balaban J connectivity index is 2.08. The molecule has 0 radical (unpaired) electrons. The van der Waals surface area contributed by atoms with Gasteiger partial charge >= 0.3 is 0 Å². The lowest BCUT2D eigenvalue weighted by Gasteiger charge is -2.21. The Labute approximate surface area is 131 Å². The molecule has 5 heteroatoms. The number of nitrogens with zero attached hydrogens (tertiary/aromatic N) is 2. The van der Waals surface area contributed by atoms with Crippen molar-refractivity contribution >= 4 is 5.91 Å². The Morgan fingerprint density at radius 1 is 1.36 bits per heavy atom. The Morgan fingerprint density at radius 2 is 2.14 bits per heavy atom. The summed E-state index contributed by atoms with van der Waals surface area (Å²) in [6.07, 6.45) is 4.52. The third-order valence-corrected chi connectivity index (χ3v) is 4.06. The van der Waals surface area contributed by atoms with E-state index in [4.69, 9.17) is 5.73 Å². The van der Waals surface area contributed by atoms with Gasteiger partial charge in [-0.1, -0.05) is 32.4 Å². The smallest absolute Gasteiger partial charge is 0.237 e. The van der Waals surface area contributed by atoms with Gasteiger partial charge < -0.3 is 11.1 Å². The molecular weight excluding hydrogens is 276 g/mol. The quantitative estimate of drug-likeness (QED) is 0.860. The summed E-state index contributed by atoms with van der Waals surface area (Å²) in [5, 5.41) is 7.21. The molecule has 22 heavy (non-hydrogen) atoms. The molecule has 0 bridgehead atoms. The maximum Gasteiger partial charge on any atom is 0.237 e. The van der Waals surface area contributed by atoms with Gasteiger partial charge in [0.15, 0.2) is 0 Å². The zero-order chi connectivity index (χ0) is 16.1. The summed E-state index contributed by atoms with van der Waals surface area (Å²) in [6, 6.07) is 9.27. The van der Waals surface area contributed by atoms with Gasteiger partial charge in [0.2, 0.25) is 5.91 Å². The molecule has 0 aliphatic carbocycles. The highest BCUT2D eigenvalue weighted by molar-refractivity contribution is 5.82. The summed E-state index contributed by atoms with van der Waals surface area (Å²) in [4.78, 5) is 12.2. The number of nitrogens with two attached hydrogens (primary N) is 1. The molecule has 2 aromatic rings. The average molecular weight is 300 g/mol. The highest BCUT2D eigenvalue weighted by Crippen LogP contribution is 2.17. The first kappa shape index (κ1) is 16.2. The first-order valence-corrected chi connectivity index (χ1v) is 7.68. The van der Waals surface area contributed by atoms with Gasteiger partial charge in [-0.2, -0.15) is 5.10 Å². The minimum absolute atomic E-state index is 0.0990. The number of carbonyl (C=O) groups is 1. The molecule has 5 nitrogen and oxygen atoms in total. The second-order valence-electron chi connectivity index (χ2n) is 5.69. The van der Waals surface area contributed by atoms with E-state index >= 15 is 0 Å². The van der Waals surface area contributed by atoms with Crippen LogP contribution in [-0.2, 0) is 4.79 Å². The van der Waals surface area contributed by atoms with Crippen LogP contribution in [0.1, 0.15) is 38.8 Å². The number of hydrogen-bond acceptors (Lipinski definition) is 3. The summed E-state index contributed by atoms with van der Waals surface area (Å²) in [5.41, 5.74) is 7.97. The van der Waals surface area contributed by atoms with Crippen molar-refractivity contribution in [2.75, 3.05) is 0 Å². The maximum absolute atomic E-state index is 12.2. The monoisotopic (exact) mass is 300 g/mol. The van der Waals surface area contributed by atoms with Crippen molar-refractivity contribution in [1.29, 1.82) is 0 Å². The molecule has 0 aliphatic rings. The van der Waals surface area contributed by atoms with E-state index < -0.39 is 6.04 Å². The fourth-order valence-electron chi connectivity index (χ4n) is 2.26. The molecule has 0 fully saturated rings. The molecule has 3 N–H and O–H groups in total. The van der Waals surface area contributed by atoms with Crippen molar-refractivity contribution in [3.05, 3.63) is 48.3 Å². The molecule has 1 aromatic heterocycles. The predicted octanol–water partition coefficient (Wildman–Crippen LogP) is 2.42. The lowest BCUT2D eigenvalue weighted by Crippen LogP contribution is -2.45. The normalized spacial score (nSPS) is 15.1. The number of rotatable bonds is 6. The third kappa shape index (κ3) is 3.74. The van der Waals surface area contributed by atoms with Gasteiger partial charge in [0.05, 0.1) is 17.8 Å². The Bertz CT molecular complexity index is 609. The van der Waals surface area contributed by atoms with E-state index in [1.807, 2.05) is 57.3 Å². The average Bonchev–Trinajstić information content (AvgIpc) is 3.07. The van der Waals surface area contributed by atoms with Gasteiger partial charge in [0.25, 0.3) is 0 Å². The van der Waals surface area contributed by atoms with E-state index in [-0.39, 0.29) is 17.9 Å². The van der Waals surface area contributed by atoms with Gasteiger partial charge in [-0.15, -0.1) is 0 Å². The Kier molecular flexibility index (Phi) is 5.33. The minimum atomic E-state index is -0.471. The SMILES string of the molecule is CCC(C)C(N)C(=O)NC(C)c1cccc(-n2cccn2)c1. The molecule has 0 aliphatic heterocycles.